The van der Waals surface area contributed by atoms with Gasteiger partial charge < -0.3 is 9.47 Å². The lowest BCUT2D eigenvalue weighted by atomic mass is 10.1. The van der Waals surface area contributed by atoms with Crippen molar-refractivity contribution in [3.63, 3.8) is 0 Å². The smallest absolute Gasteiger partial charge is 0.151 e. The average molecular weight is 384 g/mol. The van der Waals surface area contributed by atoms with Crippen molar-refractivity contribution >= 4 is 28.1 Å². The minimum Gasteiger partial charge on any atom is -0.306 e. The Bertz CT molecular complexity index is 946. The Morgan fingerprint density at radius 1 is 1.11 bits per heavy atom. The number of carbonyl (C=O) groups excluding carboxylic acids is 1. The first-order valence-corrected chi connectivity index (χ1v) is 10.7. The molecule has 1 unspecified atom stereocenters. The molecule has 0 saturated carbocycles. The highest BCUT2D eigenvalue weighted by atomic mass is 32.2. The molecule has 1 atom stereocenters. The normalized spacial score (nSPS) is 15.8. The Morgan fingerprint density at radius 3 is 2.52 bits per heavy atom. The predicted octanol–water partition coefficient (Wildman–Crippen LogP) is 3.68. The first-order valence-electron chi connectivity index (χ1n) is 9.13. The SMILES string of the molecule is CN1CCCCC1.CS(=O)c1cccc(-n2ccc3cc(C=O)cnc32)c1. The summed E-state index contributed by atoms with van der Waals surface area (Å²) in [6, 6.07) is 11.2. The highest BCUT2D eigenvalue weighted by Crippen LogP contribution is 2.20. The summed E-state index contributed by atoms with van der Waals surface area (Å²) < 4.78 is 13.5. The van der Waals surface area contributed by atoms with Crippen molar-refractivity contribution in [1.29, 1.82) is 0 Å². The van der Waals surface area contributed by atoms with E-state index in [-0.39, 0.29) is 0 Å². The van der Waals surface area contributed by atoms with Gasteiger partial charge in [-0.15, -0.1) is 0 Å². The van der Waals surface area contributed by atoms with Crippen molar-refractivity contribution in [3.8, 4) is 5.69 Å². The second kappa shape index (κ2) is 9.06. The topological polar surface area (TPSA) is 55.2 Å². The van der Waals surface area contributed by atoms with E-state index >= 15 is 0 Å². The molecule has 4 rings (SSSR count). The molecule has 1 aliphatic heterocycles. The summed E-state index contributed by atoms with van der Waals surface area (Å²) in [6.07, 6.45) is 10.2. The van der Waals surface area contributed by atoms with Crippen LogP contribution in [-0.2, 0) is 10.8 Å². The van der Waals surface area contributed by atoms with E-state index in [4.69, 9.17) is 0 Å². The molecule has 0 N–H and O–H groups in total. The number of piperidine rings is 1. The Balaban J connectivity index is 0.000000253. The third kappa shape index (κ3) is 4.90. The average Bonchev–Trinajstić information content (AvgIpc) is 3.12. The fourth-order valence-electron chi connectivity index (χ4n) is 3.18. The van der Waals surface area contributed by atoms with Gasteiger partial charge in [-0.05, 0) is 63.3 Å². The van der Waals surface area contributed by atoms with Crippen LogP contribution in [0.15, 0.2) is 53.7 Å². The van der Waals surface area contributed by atoms with Crippen molar-refractivity contribution in [2.75, 3.05) is 26.4 Å². The maximum Gasteiger partial charge on any atom is 0.151 e. The number of likely N-dealkylation sites (tertiary alicyclic amines) is 1. The molecule has 2 aromatic heterocycles. The van der Waals surface area contributed by atoms with E-state index in [1.165, 1.54) is 32.4 Å². The number of hydrogen-bond acceptors (Lipinski definition) is 4. The van der Waals surface area contributed by atoms with Crippen molar-refractivity contribution in [2.45, 2.75) is 24.2 Å². The summed E-state index contributed by atoms with van der Waals surface area (Å²) in [5, 5.41) is 0.901. The zero-order valence-electron chi connectivity index (χ0n) is 15.8. The second-order valence-electron chi connectivity index (χ2n) is 6.80. The fraction of sp³-hybridized carbons (Fsp3) is 0.333. The lowest BCUT2D eigenvalue weighted by Gasteiger charge is -2.20. The summed E-state index contributed by atoms with van der Waals surface area (Å²) in [6.45, 7) is 2.64. The molecule has 3 heterocycles. The lowest BCUT2D eigenvalue weighted by Crippen LogP contribution is -2.24. The Kier molecular flexibility index (Phi) is 6.53. The minimum atomic E-state index is -1.02. The second-order valence-corrected chi connectivity index (χ2v) is 8.18. The highest BCUT2D eigenvalue weighted by Gasteiger charge is 2.07. The predicted molar refractivity (Wildman–Crippen MR) is 110 cm³/mol. The molecule has 1 saturated heterocycles. The quantitative estimate of drug-likeness (QED) is 0.648. The van der Waals surface area contributed by atoms with Gasteiger partial charge in [-0.1, -0.05) is 12.5 Å². The monoisotopic (exact) mass is 383 g/mol. The molecule has 1 aromatic carbocycles. The van der Waals surface area contributed by atoms with Crippen LogP contribution in [0.3, 0.4) is 0 Å². The van der Waals surface area contributed by atoms with Gasteiger partial charge >= 0.3 is 0 Å². The van der Waals surface area contributed by atoms with Gasteiger partial charge in [0.05, 0.1) is 0 Å². The molecule has 0 aliphatic carbocycles. The number of fused-ring (bicyclic) bond motifs is 1. The van der Waals surface area contributed by atoms with Crippen LogP contribution in [0.1, 0.15) is 29.6 Å². The minimum absolute atomic E-state index is 0.554. The Hall–Kier alpha value is -2.31. The summed E-state index contributed by atoms with van der Waals surface area (Å²) >= 11 is 0. The summed E-state index contributed by atoms with van der Waals surface area (Å²) in [4.78, 5) is 18.2. The van der Waals surface area contributed by atoms with Crippen LogP contribution < -0.4 is 0 Å². The molecule has 6 heteroatoms. The van der Waals surface area contributed by atoms with E-state index in [2.05, 4.69) is 16.9 Å². The van der Waals surface area contributed by atoms with Gasteiger partial charge in [0, 0.05) is 51.0 Å². The molecule has 0 amide bonds. The van der Waals surface area contributed by atoms with Gasteiger partial charge in [-0.2, -0.15) is 0 Å². The van der Waals surface area contributed by atoms with E-state index in [1.54, 1.807) is 18.5 Å². The zero-order valence-corrected chi connectivity index (χ0v) is 16.6. The number of aldehydes is 1. The van der Waals surface area contributed by atoms with Crippen LogP contribution in [0.4, 0.5) is 0 Å². The van der Waals surface area contributed by atoms with Crippen molar-refractivity contribution in [1.82, 2.24) is 14.5 Å². The third-order valence-electron chi connectivity index (χ3n) is 4.69. The molecule has 5 nitrogen and oxygen atoms in total. The third-order valence-corrected chi connectivity index (χ3v) is 5.61. The maximum atomic E-state index is 11.6. The highest BCUT2D eigenvalue weighted by molar-refractivity contribution is 7.84. The van der Waals surface area contributed by atoms with Crippen LogP contribution in [0, 0.1) is 0 Å². The van der Waals surface area contributed by atoms with E-state index in [1.807, 2.05) is 41.1 Å². The molecule has 27 heavy (non-hydrogen) atoms. The number of pyridine rings is 1. The number of aromatic nitrogens is 2. The van der Waals surface area contributed by atoms with Crippen molar-refractivity contribution < 1.29 is 9.00 Å². The lowest BCUT2D eigenvalue weighted by molar-refractivity contribution is 0.112. The van der Waals surface area contributed by atoms with Gasteiger partial charge in [0.2, 0.25) is 0 Å². The number of nitrogens with zero attached hydrogens (tertiary/aromatic N) is 3. The first kappa shape index (κ1) is 19.5. The van der Waals surface area contributed by atoms with Gasteiger partial charge in [-0.3, -0.25) is 9.00 Å². The molecule has 1 aliphatic rings. The molecule has 0 spiro atoms. The van der Waals surface area contributed by atoms with Gasteiger partial charge in [0.1, 0.15) is 5.65 Å². The molecular formula is C21H25N3O2S. The van der Waals surface area contributed by atoms with Crippen molar-refractivity contribution in [2.24, 2.45) is 0 Å². The number of benzene rings is 1. The van der Waals surface area contributed by atoms with E-state index < -0.39 is 10.8 Å². The van der Waals surface area contributed by atoms with Crippen molar-refractivity contribution in [3.05, 3.63) is 54.4 Å². The molecule has 0 radical (unpaired) electrons. The Morgan fingerprint density at radius 2 is 1.89 bits per heavy atom. The molecule has 1 fully saturated rings. The number of carbonyl (C=O) groups is 1. The zero-order chi connectivity index (χ0) is 19.2. The van der Waals surface area contributed by atoms with Crippen LogP contribution in [-0.4, -0.2) is 51.3 Å². The van der Waals surface area contributed by atoms with Gasteiger partial charge in [-0.25, -0.2) is 4.98 Å². The molecule has 142 valence electrons. The molecular weight excluding hydrogens is 358 g/mol. The molecule has 0 bridgehead atoms. The summed E-state index contributed by atoms with van der Waals surface area (Å²) in [5.41, 5.74) is 2.23. The van der Waals surface area contributed by atoms with Crippen LogP contribution in [0.2, 0.25) is 0 Å². The van der Waals surface area contributed by atoms with Crippen LogP contribution in [0.25, 0.3) is 16.7 Å². The maximum absolute atomic E-state index is 11.6. The number of hydrogen-bond donors (Lipinski definition) is 0. The van der Waals surface area contributed by atoms with Crippen LogP contribution in [0.5, 0.6) is 0 Å². The first-order chi connectivity index (χ1) is 13.1. The molecule has 3 aromatic rings. The van der Waals surface area contributed by atoms with Gasteiger partial charge in [0.25, 0.3) is 0 Å². The van der Waals surface area contributed by atoms with Gasteiger partial charge in [0.15, 0.2) is 6.29 Å². The summed E-state index contributed by atoms with van der Waals surface area (Å²) in [5.74, 6) is 0. The van der Waals surface area contributed by atoms with E-state index in [0.29, 0.717) is 5.56 Å². The van der Waals surface area contributed by atoms with Crippen LogP contribution >= 0.6 is 0 Å². The Labute approximate surface area is 162 Å². The fourth-order valence-corrected chi connectivity index (χ4v) is 3.73. The largest absolute Gasteiger partial charge is 0.306 e. The standard InChI is InChI=1S/C15H12N2O2S.C6H13N/c1-20(19)14-4-2-3-13(8-14)17-6-5-12-7-11(10-18)9-16-15(12)17;1-7-5-3-2-4-6-7/h2-10H,1H3;2-6H2,1H3. The van der Waals surface area contributed by atoms with E-state index in [9.17, 15) is 9.00 Å². The number of rotatable bonds is 3. The van der Waals surface area contributed by atoms with E-state index in [0.717, 1.165) is 27.9 Å². The summed E-state index contributed by atoms with van der Waals surface area (Å²) in [7, 11) is 1.17.